The highest BCUT2D eigenvalue weighted by atomic mass is 35.5. The van der Waals surface area contributed by atoms with Gasteiger partial charge in [-0.2, -0.15) is 0 Å². The van der Waals surface area contributed by atoms with Crippen LogP contribution in [0.4, 0.5) is 0 Å². The average Bonchev–Trinajstić information content (AvgIpc) is 2.79. The van der Waals surface area contributed by atoms with Gasteiger partial charge in [0.15, 0.2) is 5.54 Å². The van der Waals surface area contributed by atoms with Gasteiger partial charge in [-0.05, 0) is 49.7 Å². The molecule has 3 aromatic rings. The molecule has 1 heterocycles. The molecule has 186 valence electrons. The van der Waals surface area contributed by atoms with Crippen molar-refractivity contribution in [2.45, 2.75) is 35.6 Å². The lowest BCUT2D eigenvalue weighted by molar-refractivity contribution is -0.144. The molecule has 35 heavy (non-hydrogen) atoms. The SMILES string of the molecule is Cc1ccc(S(=O)(=O)N(C2(CN)Cc3ccccc3OC2=O)S(=O)(=O)c2ccc(C)cc2)cc1.Cl. The molecule has 11 heteroatoms. The number of para-hydroxylation sites is 1. The van der Waals surface area contributed by atoms with Crippen LogP contribution < -0.4 is 10.5 Å². The lowest BCUT2D eigenvalue weighted by Crippen LogP contribution is -2.66. The maximum absolute atomic E-state index is 13.9. The first-order valence-electron chi connectivity index (χ1n) is 10.5. The van der Waals surface area contributed by atoms with Crippen molar-refractivity contribution in [1.82, 2.24) is 3.71 Å². The first-order chi connectivity index (χ1) is 16.0. The van der Waals surface area contributed by atoms with E-state index in [2.05, 4.69) is 0 Å². The Morgan fingerprint density at radius 2 is 1.29 bits per heavy atom. The van der Waals surface area contributed by atoms with E-state index in [1.807, 2.05) is 0 Å². The summed E-state index contributed by atoms with van der Waals surface area (Å²) in [4.78, 5) is 12.8. The minimum Gasteiger partial charge on any atom is -0.425 e. The summed E-state index contributed by atoms with van der Waals surface area (Å²) >= 11 is 0. The molecule has 0 spiro atoms. The Kier molecular flexibility index (Phi) is 7.45. The summed E-state index contributed by atoms with van der Waals surface area (Å²) in [7, 11) is -9.55. The van der Waals surface area contributed by atoms with Crippen molar-refractivity contribution in [2.24, 2.45) is 5.73 Å². The third-order valence-corrected chi connectivity index (χ3v) is 10.3. The summed E-state index contributed by atoms with van der Waals surface area (Å²) in [6.45, 7) is 2.93. The van der Waals surface area contributed by atoms with Crippen molar-refractivity contribution in [1.29, 1.82) is 0 Å². The molecule has 2 N–H and O–H groups in total. The monoisotopic (exact) mass is 536 g/mol. The van der Waals surface area contributed by atoms with Gasteiger partial charge in [-0.25, -0.2) is 21.6 Å². The van der Waals surface area contributed by atoms with Crippen molar-refractivity contribution < 1.29 is 26.4 Å². The Hall–Kier alpha value is -2.76. The highest BCUT2D eigenvalue weighted by Crippen LogP contribution is 2.39. The second-order valence-electron chi connectivity index (χ2n) is 8.24. The first kappa shape index (κ1) is 26.8. The Morgan fingerprint density at radius 1 is 0.829 bits per heavy atom. The molecule has 1 aliphatic heterocycles. The molecule has 1 aliphatic rings. The van der Waals surface area contributed by atoms with Crippen LogP contribution in [-0.2, 0) is 31.3 Å². The summed E-state index contributed by atoms with van der Waals surface area (Å²) in [6.07, 6.45) is -0.269. The van der Waals surface area contributed by atoms with Crippen molar-refractivity contribution in [3.05, 3.63) is 89.5 Å². The highest BCUT2D eigenvalue weighted by Gasteiger charge is 2.58. The number of carbonyl (C=O) groups is 1. The molecule has 1 atom stereocenters. The van der Waals surface area contributed by atoms with E-state index in [0.29, 0.717) is 5.56 Å². The van der Waals surface area contributed by atoms with Crippen molar-refractivity contribution in [2.75, 3.05) is 6.54 Å². The van der Waals surface area contributed by atoms with Crippen LogP contribution in [0.3, 0.4) is 0 Å². The second-order valence-corrected chi connectivity index (χ2v) is 12.0. The Balaban J connectivity index is 0.00000342. The number of carbonyl (C=O) groups excluding carboxylic acids is 1. The second kappa shape index (κ2) is 9.71. The van der Waals surface area contributed by atoms with E-state index in [-0.39, 0.29) is 38.1 Å². The van der Waals surface area contributed by atoms with Gasteiger partial charge in [0.25, 0.3) is 20.0 Å². The van der Waals surface area contributed by atoms with Crippen LogP contribution in [0, 0.1) is 13.8 Å². The zero-order valence-electron chi connectivity index (χ0n) is 19.0. The van der Waals surface area contributed by atoms with E-state index in [9.17, 15) is 21.6 Å². The predicted octanol–water partition coefficient (Wildman–Crippen LogP) is 2.96. The van der Waals surface area contributed by atoms with Crippen LogP contribution >= 0.6 is 12.4 Å². The van der Waals surface area contributed by atoms with Crippen LogP contribution in [0.5, 0.6) is 5.75 Å². The Morgan fingerprint density at radius 3 is 1.74 bits per heavy atom. The number of esters is 1. The lowest BCUT2D eigenvalue weighted by atomic mass is 9.89. The van der Waals surface area contributed by atoms with E-state index in [4.69, 9.17) is 10.5 Å². The molecule has 0 radical (unpaired) electrons. The van der Waals surface area contributed by atoms with Gasteiger partial charge in [-0.15, -0.1) is 12.4 Å². The quantitative estimate of drug-likeness (QED) is 0.379. The number of hydrogen-bond acceptors (Lipinski definition) is 7. The standard InChI is InChI=1S/C24H24N2O6S2.ClH/c1-17-7-11-20(12-8-17)33(28,29)26(34(30,31)21-13-9-18(2)10-14-21)24(16-25)15-19-5-3-4-6-22(19)32-23(24)27;/h3-14H,15-16,25H2,1-2H3;1H. The molecule has 0 fully saturated rings. The number of ether oxygens (including phenoxy) is 1. The van der Waals surface area contributed by atoms with Gasteiger partial charge in [0.2, 0.25) is 0 Å². The average molecular weight is 537 g/mol. The summed E-state index contributed by atoms with van der Waals surface area (Å²) in [5.41, 5.74) is 5.83. The number of sulfonamides is 2. The number of rotatable bonds is 6. The van der Waals surface area contributed by atoms with E-state index < -0.39 is 38.1 Å². The smallest absolute Gasteiger partial charge is 0.335 e. The minimum atomic E-state index is -4.77. The molecule has 8 nitrogen and oxygen atoms in total. The van der Waals surface area contributed by atoms with Gasteiger partial charge in [0.1, 0.15) is 5.75 Å². The number of aryl methyl sites for hydroxylation is 2. The largest absolute Gasteiger partial charge is 0.425 e. The number of fused-ring (bicyclic) bond motifs is 1. The molecule has 4 rings (SSSR count). The van der Waals surface area contributed by atoms with E-state index in [1.54, 1.807) is 62.4 Å². The fraction of sp³-hybridized carbons (Fsp3) is 0.208. The molecular weight excluding hydrogens is 512 g/mol. The first-order valence-corrected chi connectivity index (χ1v) is 13.3. The zero-order valence-corrected chi connectivity index (χ0v) is 21.5. The van der Waals surface area contributed by atoms with E-state index in [0.717, 1.165) is 11.1 Å². The van der Waals surface area contributed by atoms with Gasteiger partial charge in [0.05, 0.1) is 9.79 Å². The Labute approximate surface area is 211 Å². The van der Waals surface area contributed by atoms with Crippen molar-refractivity contribution in [3.8, 4) is 5.75 Å². The summed E-state index contributed by atoms with van der Waals surface area (Å²) in [6, 6.07) is 17.9. The maximum Gasteiger partial charge on any atom is 0.335 e. The third kappa shape index (κ3) is 4.60. The molecule has 0 amide bonds. The van der Waals surface area contributed by atoms with Crippen LogP contribution in [0.25, 0.3) is 0 Å². The predicted molar refractivity (Wildman–Crippen MR) is 133 cm³/mol. The topological polar surface area (TPSA) is 124 Å². The molecule has 0 saturated carbocycles. The Bertz CT molecular complexity index is 1380. The van der Waals surface area contributed by atoms with E-state index >= 15 is 0 Å². The lowest BCUT2D eigenvalue weighted by Gasteiger charge is -2.41. The van der Waals surface area contributed by atoms with Crippen LogP contribution in [-0.4, -0.2) is 38.6 Å². The molecule has 0 aliphatic carbocycles. The summed E-state index contributed by atoms with van der Waals surface area (Å²) in [5.74, 6) is -0.822. The normalized spacial score (nSPS) is 17.9. The maximum atomic E-state index is 13.9. The zero-order chi connectivity index (χ0) is 24.7. The molecule has 0 bridgehead atoms. The number of benzene rings is 3. The van der Waals surface area contributed by atoms with Gasteiger partial charge in [-0.1, -0.05) is 57.3 Å². The number of nitrogens with zero attached hydrogens (tertiary/aromatic N) is 1. The molecular formula is C24H25ClN2O6S2. The molecule has 0 saturated heterocycles. The van der Waals surface area contributed by atoms with Gasteiger partial charge < -0.3 is 10.5 Å². The summed E-state index contributed by atoms with van der Waals surface area (Å²) < 4.78 is 61.4. The highest BCUT2D eigenvalue weighted by molar-refractivity contribution is 8.04. The molecule has 0 aromatic heterocycles. The number of hydrogen-bond donors (Lipinski definition) is 1. The van der Waals surface area contributed by atoms with Crippen LogP contribution in [0.15, 0.2) is 82.6 Å². The van der Waals surface area contributed by atoms with Gasteiger partial charge in [-0.3, -0.25) is 0 Å². The van der Waals surface area contributed by atoms with Crippen molar-refractivity contribution in [3.63, 3.8) is 0 Å². The van der Waals surface area contributed by atoms with E-state index in [1.165, 1.54) is 24.3 Å². The van der Waals surface area contributed by atoms with Gasteiger partial charge >= 0.3 is 5.97 Å². The van der Waals surface area contributed by atoms with Crippen molar-refractivity contribution >= 4 is 38.4 Å². The fourth-order valence-electron chi connectivity index (χ4n) is 3.90. The fourth-order valence-corrected chi connectivity index (χ4v) is 8.14. The summed E-state index contributed by atoms with van der Waals surface area (Å²) in [5, 5.41) is 0. The van der Waals surface area contributed by atoms with Crippen LogP contribution in [0.2, 0.25) is 0 Å². The van der Waals surface area contributed by atoms with Crippen LogP contribution in [0.1, 0.15) is 16.7 Å². The number of halogens is 1. The molecule has 3 aromatic carbocycles. The third-order valence-electron chi connectivity index (χ3n) is 5.80. The number of nitrogens with two attached hydrogens (primary N) is 1. The van der Waals surface area contributed by atoms with Gasteiger partial charge in [0, 0.05) is 13.0 Å². The molecule has 1 unspecified atom stereocenters. The minimum absolute atomic E-state index is 0.